The minimum Gasteiger partial charge on any atom is -0.497 e. The smallest absolute Gasteiger partial charge is 0.192 e. The van der Waals surface area contributed by atoms with E-state index in [9.17, 15) is 0 Å². The van der Waals surface area contributed by atoms with E-state index in [1.165, 1.54) is 0 Å². The van der Waals surface area contributed by atoms with Crippen LogP contribution in [0, 0.1) is 0 Å². The topological polar surface area (TPSA) is 46.2 Å². The molecule has 2 aromatic carbocycles. The molecule has 0 saturated heterocycles. The van der Waals surface area contributed by atoms with Crippen molar-refractivity contribution < 1.29 is 23.4 Å². The van der Waals surface area contributed by atoms with Crippen LogP contribution in [-0.2, 0) is 31.9 Å². The molecule has 0 fully saturated rings. The van der Waals surface area contributed by atoms with Crippen LogP contribution >= 0.6 is 0 Å². The summed E-state index contributed by atoms with van der Waals surface area (Å²) in [5.41, 5.74) is 2.20. The molecule has 0 bridgehead atoms. The van der Waals surface area contributed by atoms with Crippen molar-refractivity contribution in [3.63, 3.8) is 0 Å². The Hall–Kier alpha value is -1.96. The van der Waals surface area contributed by atoms with E-state index in [0.29, 0.717) is 19.6 Å². The van der Waals surface area contributed by atoms with Gasteiger partial charge in [0.15, 0.2) is 8.32 Å². The fourth-order valence-electron chi connectivity index (χ4n) is 3.55. The minimum atomic E-state index is -1.96. The Labute approximate surface area is 219 Å². The highest BCUT2D eigenvalue weighted by molar-refractivity contribution is 6.74. The Morgan fingerprint density at radius 3 is 2.14 bits per heavy atom. The molecule has 0 radical (unpaired) electrons. The molecule has 0 aliphatic carbocycles. The van der Waals surface area contributed by atoms with Crippen LogP contribution in [0.15, 0.2) is 67.3 Å². The first-order valence-electron chi connectivity index (χ1n) is 12.8. The third-order valence-electron chi connectivity index (χ3n) is 6.86. The predicted octanol–water partition coefficient (Wildman–Crippen LogP) is 7.52. The van der Waals surface area contributed by atoms with Crippen LogP contribution in [0.3, 0.4) is 0 Å². The minimum absolute atomic E-state index is 0.0144. The molecule has 0 N–H and O–H groups in total. The summed E-state index contributed by atoms with van der Waals surface area (Å²) in [6, 6.07) is 18.1. The van der Waals surface area contributed by atoms with Crippen molar-refractivity contribution >= 4 is 8.32 Å². The molecule has 0 amide bonds. The predicted molar refractivity (Wildman–Crippen MR) is 150 cm³/mol. The third kappa shape index (κ3) is 10.2. The summed E-state index contributed by atoms with van der Waals surface area (Å²) in [5.74, 6) is 0.830. The summed E-state index contributed by atoms with van der Waals surface area (Å²) in [6.45, 7) is 18.6. The zero-order valence-corrected chi connectivity index (χ0v) is 24.3. The summed E-state index contributed by atoms with van der Waals surface area (Å²) in [6.07, 6.45) is 3.10. The van der Waals surface area contributed by atoms with E-state index in [1.54, 1.807) is 7.11 Å². The number of hydrogen-bond acceptors (Lipinski definition) is 5. The molecule has 5 nitrogen and oxygen atoms in total. The van der Waals surface area contributed by atoms with Crippen molar-refractivity contribution in [1.82, 2.24) is 0 Å². The Kier molecular flexibility index (Phi) is 12.4. The number of benzene rings is 2. The molecule has 0 heterocycles. The van der Waals surface area contributed by atoms with E-state index in [0.717, 1.165) is 23.3 Å². The lowest BCUT2D eigenvalue weighted by atomic mass is 10.0. The highest BCUT2D eigenvalue weighted by Crippen LogP contribution is 2.38. The maximum absolute atomic E-state index is 6.77. The molecule has 36 heavy (non-hydrogen) atoms. The lowest BCUT2D eigenvalue weighted by molar-refractivity contribution is -0.144. The zero-order valence-electron chi connectivity index (χ0n) is 23.3. The third-order valence-corrected chi connectivity index (χ3v) is 11.4. The van der Waals surface area contributed by atoms with Gasteiger partial charge in [-0.3, -0.25) is 0 Å². The van der Waals surface area contributed by atoms with Gasteiger partial charge >= 0.3 is 0 Å². The zero-order chi connectivity index (χ0) is 26.6. The van der Waals surface area contributed by atoms with Gasteiger partial charge in [-0.1, -0.05) is 69.3 Å². The molecule has 0 spiro atoms. The summed E-state index contributed by atoms with van der Waals surface area (Å²) in [5, 5.41) is 0.124. The first kappa shape index (κ1) is 30.3. The second-order valence-electron chi connectivity index (χ2n) is 10.8. The molecule has 0 aliphatic rings. The molecule has 0 saturated carbocycles. The van der Waals surface area contributed by atoms with Gasteiger partial charge in [0.1, 0.15) is 12.5 Å². The van der Waals surface area contributed by atoms with Gasteiger partial charge in [-0.15, -0.1) is 6.58 Å². The van der Waals surface area contributed by atoms with Gasteiger partial charge < -0.3 is 23.4 Å². The summed E-state index contributed by atoms with van der Waals surface area (Å²) >= 11 is 0. The lowest BCUT2D eigenvalue weighted by Gasteiger charge is -2.40. The van der Waals surface area contributed by atoms with Gasteiger partial charge in [0.2, 0.25) is 0 Å². The normalized spacial score (nSPS) is 14.8. The molecule has 2 rings (SSSR count). The van der Waals surface area contributed by atoms with E-state index >= 15 is 0 Å². The Balaban J connectivity index is 2.05. The average Bonchev–Trinajstić information content (AvgIpc) is 2.84. The van der Waals surface area contributed by atoms with Crippen molar-refractivity contribution in [3.05, 3.63) is 78.4 Å². The fourth-order valence-corrected chi connectivity index (χ4v) is 4.93. The Morgan fingerprint density at radius 2 is 1.56 bits per heavy atom. The van der Waals surface area contributed by atoms with Gasteiger partial charge in [0.25, 0.3) is 0 Å². The van der Waals surface area contributed by atoms with Crippen molar-refractivity contribution in [1.29, 1.82) is 0 Å². The van der Waals surface area contributed by atoms with E-state index < -0.39 is 8.32 Å². The second kappa shape index (κ2) is 14.7. The number of methoxy groups -OCH3 is 1. The van der Waals surface area contributed by atoms with Gasteiger partial charge in [-0.05, 0) is 54.7 Å². The first-order valence-corrected chi connectivity index (χ1v) is 15.7. The van der Waals surface area contributed by atoms with Crippen LogP contribution < -0.4 is 4.74 Å². The van der Waals surface area contributed by atoms with Crippen molar-refractivity contribution in [2.75, 3.05) is 13.9 Å². The van der Waals surface area contributed by atoms with Crippen LogP contribution in [0.5, 0.6) is 5.75 Å². The summed E-state index contributed by atoms with van der Waals surface area (Å²) in [7, 11) is -0.286. The Morgan fingerprint density at radius 1 is 0.917 bits per heavy atom. The molecular weight excluding hydrogens is 468 g/mol. The van der Waals surface area contributed by atoms with E-state index in [2.05, 4.69) is 40.4 Å². The second-order valence-corrected chi connectivity index (χ2v) is 15.5. The van der Waals surface area contributed by atoms with Crippen molar-refractivity contribution in [2.24, 2.45) is 0 Å². The van der Waals surface area contributed by atoms with E-state index in [1.807, 2.05) is 67.6 Å². The average molecular weight is 515 g/mol. The lowest BCUT2D eigenvalue weighted by Crippen LogP contribution is -2.45. The summed E-state index contributed by atoms with van der Waals surface area (Å²) < 4.78 is 30.3. The maximum atomic E-state index is 6.77. The molecule has 6 heteroatoms. The fraction of sp³-hybridized carbons (Fsp3) is 0.533. The molecule has 0 aliphatic heterocycles. The molecule has 3 atom stereocenters. The van der Waals surface area contributed by atoms with Crippen molar-refractivity contribution in [2.45, 2.75) is 90.2 Å². The van der Waals surface area contributed by atoms with Crippen molar-refractivity contribution in [3.8, 4) is 5.75 Å². The first-order chi connectivity index (χ1) is 17.1. The largest absolute Gasteiger partial charge is 0.497 e. The number of rotatable bonds is 16. The Bertz CT molecular complexity index is 876. The molecule has 200 valence electrons. The van der Waals surface area contributed by atoms with Gasteiger partial charge in [-0.2, -0.15) is 0 Å². The van der Waals surface area contributed by atoms with Gasteiger partial charge in [0, 0.05) is 6.42 Å². The maximum Gasteiger partial charge on any atom is 0.192 e. The number of hydrogen-bond donors (Lipinski definition) is 0. The molecular formula is C30H46O5Si. The monoisotopic (exact) mass is 514 g/mol. The standard InChI is InChI=1S/C30H46O5Si/c1-9-13-28(35-36(7,8)30(3,4)5)20-29(33-22-26-16-18-27(31-6)19-17-26)24(2)34-23-32-21-25-14-11-10-12-15-25/h9-12,14-19,24,28-29H,1,13,20-23H2,2-8H3/t24-,28+,29-/m1/s1. The van der Waals surface area contributed by atoms with Gasteiger partial charge in [0.05, 0.1) is 38.6 Å². The highest BCUT2D eigenvalue weighted by atomic mass is 28.4. The van der Waals surface area contributed by atoms with Crippen LogP contribution in [0.25, 0.3) is 0 Å². The molecule has 0 aromatic heterocycles. The van der Waals surface area contributed by atoms with Crippen LogP contribution in [0.4, 0.5) is 0 Å². The molecule has 2 aromatic rings. The highest BCUT2D eigenvalue weighted by Gasteiger charge is 2.39. The van der Waals surface area contributed by atoms with Crippen LogP contribution in [0.1, 0.15) is 51.7 Å². The SMILES string of the molecule is C=CC[C@@H](C[C@@H](OCc1ccc(OC)cc1)[C@@H](C)OCOCc1ccccc1)O[Si](C)(C)C(C)(C)C. The van der Waals surface area contributed by atoms with E-state index in [-0.39, 0.29) is 30.1 Å². The van der Waals surface area contributed by atoms with E-state index in [4.69, 9.17) is 23.4 Å². The van der Waals surface area contributed by atoms with Crippen LogP contribution in [-0.4, -0.2) is 40.5 Å². The van der Waals surface area contributed by atoms with Crippen LogP contribution in [0.2, 0.25) is 18.1 Å². The quantitative estimate of drug-likeness (QED) is 0.100. The molecule has 0 unspecified atom stereocenters. The number of ether oxygens (including phenoxy) is 4. The van der Waals surface area contributed by atoms with Gasteiger partial charge in [-0.25, -0.2) is 0 Å². The summed E-state index contributed by atoms with van der Waals surface area (Å²) in [4.78, 5) is 0.